The molecule has 9 heteroatoms. The second-order valence-electron chi connectivity index (χ2n) is 20.2. The van der Waals surface area contributed by atoms with Crippen LogP contribution in [0.3, 0.4) is 0 Å². The number of hydrogen-bond acceptors (Lipinski definition) is 9. The van der Waals surface area contributed by atoms with Gasteiger partial charge in [-0.15, -0.1) is 0 Å². The van der Waals surface area contributed by atoms with Crippen LogP contribution in [-0.2, 0) is 28.6 Å². The van der Waals surface area contributed by atoms with E-state index in [0.717, 1.165) is 44.2 Å². The Kier molecular flexibility index (Phi) is 11.4. The summed E-state index contributed by atoms with van der Waals surface area (Å²) >= 11 is 0. The van der Waals surface area contributed by atoms with Gasteiger partial charge in [-0.1, -0.05) is 41.0 Å². The minimum absolute atomic E-state index is 0.0156. The van der Waals surface area contributed by atoms with E-state index in [1.807, 2.05) is 0 Å². The lowest BCUT2D eigenvalue weighted by molar-refractivity contribution is -0.231. The number of nitrogens with zero attached hydrogens (tertiary/aromatic N) is 1. The van der Waals surface area contributed by atoms with Gasteiger partial charge in [-0.2, -0.15) is 0 Å². The molecule has 7 fully saturated rings. The van der Waals surface area contributed by atoms with Crippen LogP contribution in [0.1, 0.15) is 138 Å². The van der Waals surface area contributed by atoms with Crippen LogP contribution in [0, 0.1) is 69.0 Å². The van der Waals surface area contributed by atoms with Crippen molar-refractivity contribution in [1.29, 1.82) is 0 Å². The molecule has 2 N–H and O–H groups in total. The lowest BCUT2D eigenvalue weighted by atomic mass is 9.34. The largest absolute Gasteiger partial charge is 0.465 e. The van der Waals surface area contributed by atoms with E-state index in [9.17, 15) is 19.5 Å². The molecule has 6 saturated carbocycles. The number of ether oxygens (including phenoxy) is 3. The lowest BCUT2D eigenvalue weighted by Crippen LogP contribution is -2.67. The van der Waals surface area contributed by atoms with Gasteiger partial charge in [-0.3, -0.25) is 14.4 Å². The zero-order chi connectivity index (χ0) is 38.7. The van der Waals surface area contributed by atoms with E-state index in [-0.39, 0.29) is 60.6 Å². The number of aliphatic hydroxyl groups is 1. The Labute approximate surface area is 326 Å². The van der Waals surface area contributed by atoms with Crippen LogP contribution < -0.4 is 5.32 Å². The first-order chi connectivity index (χ1) is 25.7. The fourth-order valence-electron chi connectivity index (χ4n) is 15.0. The van der Waals surface area contributed by atoms with Crippen LogP contribution in [0.5, 0.6) is 0 Å². The minimum atomic E-state index is -1.17. The maximum atomic E-state index is 13.3. The molecule has 306 valence electrons. The normalized spacial score (nSPS) is 45.4. The molecule has 0 spiro atoms. The molecule has 0 radical (unpaired) electrons. The lowest BCUT2D eigenvalue weighted by Gasteiger charge is -2.71. The Bertz CT molecular complexity index is 1380. The molecule has 11 unspecified atom stereocenters. The molecule has 6 aliphatic carbocycles. The highest BCUT2D eigenvalue weighted by Gasteiger charge is 2.69. The topological polar surface area (TPSA) is 114 Å². The zero-order valence-corrected chi connectivity index (χ0v) is 34.9. The second kappa shape index (κ2) is 15.2. The van der Waals surface area contributed by atoms with Crippen LogP contribution in [-0.4, -0.2) is 85.6 Å². The molecule has 54 heavy (non-hydrogen) atoms. The van der Waals surface area contributed by atoms with Crippen molar-refractivity contribution in [3.8, 4) is 0 Å². The first-order valence-electron chi connectivity index (χ1n) is 22.4. The van der Waals surface area contributed by atoms with E-state index in [1.165, 1.54) is 57.8 Å². The van der Waals surface area contributed by atoms with Crippen LogP contribution >= 0.6 is 0 Å². The number of carbonyl (C=O) groups excluding carboxylic acids is 3. The monoisotopic (exact) mass is 755 g/mol. The highest BCUT2D eigenvalue weighted by atomic mass is 16.6. The summed E-state index contributed by atoms with van der Waals surface area (Å²) in [5.74, 6) is 2.70. The van der Waals surface area contributed by atoms with E-state index >= 15 is 0 Å². The number of piperidine rings is 1. The third kappa shape index (κ3) is 6.30. The summed E-state index contributed by atoms with van der Waals surface area (Å²) < 4.78 is 17.1. The van der Waals surface area contributed by atoms with Crippen molar-refractivity contribution < 1.29 is 33.7 Å². The third-order valence-electron chi connectivity index (χ3n) is 18.6. The highest BCUT2D eigenvalue weighted by molar-refractivity contribution is 6.00. The average Bonchev–Trinajstić information content (AvgIpc) is 3.57. The van der Waals surface area contributed by atoms with Gasteiger partial charge >= 0.3 is 17.9 Å². The Balaban J connectivity index is 0.974. The molecule has 0 aromatic carbocycles. The van der Waals surface area contributed by atoms with Crippen molar-refractivity contribution in [2.45, 2.75) is 150 Å². The number of rotatable bonds is 11. The fraction of sp³-hybridized carbons (Fsp3) is 0.933. The second-order valence-corrected chi connectivity index (χ2v) is 20.2. The first-order valence-corrected chi connectivity index (χ1v) is 22.4. The number of carbonyl (C=O) groups is 3. The minimum Gasteiger partial charge on any atom is -0.465 e. The number of hydrogen-bond donors (Lipinski definition) is 2. The molecule has 9 nitrogen and oxygen atoms in total. The molecular formula is C45H74N2O7. The van der Waals surface area contributed by atoms with E-state index in [0.29, 0.717) is 54.5 Å². The van der Waals surface area contributed by atoms with Gasteiger partial charge in [0.2, 0.25) is 0 Å². The number of likely N-dealkylation sites (tertiary alicyclic amines) is 1. The van der Waals surface area contributed by atoms with Gasteiger partial charge in [-0.05, 0) is 168 Å². The van der Waals surface area contributed by atoms with Gasteiger partial charge in [0.25, 0.3) is 0 Å². The van der Waals surface area contributed by atoms with Crippen molar-refractivity contribution in [2.24, 2.45) is 69.0 Å². The van der Waals surface area contributed by atoms with Crippen molar-refractivity contribution in [3.05, 3.63) is 0 Å². The molecule has 0 aromatic rings. The summed E-state index contributed by atoms with van der Waals surface area (Å²) in [5, 5.41) is 13.8. The molecule has 0 bridgehead atoms. The SMILES string of the molecule is CCOC(=O)C1(C(=O)OCC)CCN(CCNC23CCC[C@@H]2C2CCC4C5(C)CCC(OC(=O)C6CC(CO)C6C)C(C)C5CCC4(C)[C@]2(C)CC3)CC1. The van der Waals surface area contributed by atoms with Gasteiger partial charge in [0.1, 0.15) is 6.10 Å². The molecule has 1 aliphatic heterocycles. The summed E-state index contributed by atoms with van der Waals surface area (Å²) in [6.45, 7) is 20.1. The molecule has 0 aromatic heterocycles. The molecular weight excluding hydrogens is 681 g/mol. The molecule has 1 heterocycles. The first kappa shape index (κ1) is 40.5. The summed E-state index contributed by atoms with van der Waals surface area (Å²) in [5.41, 5.74) is -0.0254. The predicted molar refractivity (Wildman–Crippen MR) is 208 cm³/mol. The molecule has 1 saturated heterocycles. The number of fused-ring (bicyclic) bond motifs is 7. The summed E-state index contributed by atoms with van der Waals surface area (Å²) in [6.07, 6.45) is 15.5. The van der Waals surface area contributed by atoms with Crippen molar-refractivity contribution in [2.75, 3.05) is 46.0 Å². The Morgan fingerprint density at radius 2 is 1.46 bits per heavy atom. The van der Waals surface area contributed by atoms with Crippen LogP contribution in [0.25, 0.3) is 0 Å². The zero-order valence-electron chi connectivity index (χ0n) is 34.9. The van der Waals surface area contributed by atoms with E-state index in [4.69, 9.17) is 14.2 Å². The predicted octanol–water partition coefficient (Wildman–Crippen LogP) is 7.18. The van der Waals surface area contributed by atoms with Crippen LogP contribution in [0.4, 0.5) is 0 Å². The van der Waals surface area contributed by atoms with Gasteiger partial charge in [-0.25, -0.2) is 0 Å². The van der Waals surface area contributed by atoms with Gasteiger partial charge in [0, 0.05) is 25.2 Å². The summed E-state index contributed by atoms with van der Waals surface area (Å²) in [4.78, 5) is 41.6. The fourth-order valence-corrected chi connectivity index (χ4v) is 15.0. The Morgan fingerprint density at radius 3 is 2.11 bits per heavy atom. The van der Waals surface area contributed by atoms with Gasteiger partial charge in [0.05, 0.1) is 19.1 Å². The molecule has 7 aliphatic rings. The quantitative estimate of drug-likeness (QED) is 0.129. The standard InChI is InChI=1S/C45H74N2O7/c1-8-52-39(50)44(40(51)53-9-2)21-24-47(25-22-44)26-23-46-45-16-10-11-35(45)34-12-13-37-41(5)17-15-36(54-38(49)32-27-31(28-48)29(32)3)30(4)33(41)14-18-43(37,7)42(34,6)19-20-45/h29-37,46,48H,8-28H2,1-7H3/t29?,30?,31?,32?,33?,34?,35-,36?,37?,41?,42-,43?,45?/m1/s1. The van der Waals surface area contributed by atoms with E-state index in [2.05, 4.69) is 44.8 Å². The average molecular weight is 755 g/mol. The highest BCUT2D eigenvalue weighted by Crippen LogP contribution is 2.75. The number of nitrogens with one attached hydrogen (secondary N) is 1. The Hall–Kier alpha value is -1.71. The van der Waals surface area contributed by atoms with E-state index < -0.39 is 17.4 Å². The smallest absolute Gasteiger partial charge is 0.323 e. The van der Waals surface area contributed by atoms with E-state index in [1.54, 1.807) is 13.8 Å². The van der Waals surface area contributed by atoms with Crippen molar-refractivity contribution in [1.82, 2.24) is 10.2 Å². The number of aliphatic hydroxyl groups excluding tert-OH is 1. The van der Waals surface area contributed by atoms with Crippen molar-refractivity contribution >= 4 is 17.9 Å². The molecule has 13 atom stereocenters. The van der Waals surface area contributed by atoms with Crippen molar-refractivity contribution in [3.63, 3.8) is 0 Å². The number of esters is 3. The Morgan fingerprint density at radius 1 is 0.759 bits per heavy atom. The van der Waals surface area contributed by atoms with Crippen LogP contribution in [0.2, 0.25) is 0 Å². The molecule has 0 amide bonds. The van der Waals surface area contributed by atoms with Crippen LogP contribution in [0.15, 0.2) is 0 Å². The maximum Gasteiger partial charge on any atom is 0.323 e. The summed E-state index contributed by atoms with van der Waals surface area (Å²) in [6, 6.07) is 0. The third-order valence-corrected chi connectivity index (χ3v) is 18.6. The maximum absolute atomic E-state index is 13.3. The van der Waals surface area contributed by atoms with Gasteiger partial charge < -0.3 is 29.5 Å². The summed E-state index contributed by atoms with van der Waals surface area (Å²) in [7, 11) is 0. The van der Waals surface area contributed by atoms with Gasteiger partial charge in [0.15, 0.2) is 5.41 Å². The molecule has 7 rings (SSSR count).